The smallest absolute Gasteiger partial charge is 0.333 e. The Labute approximate surface area is 127 Å². The highest BCUT2D eigenvalue weighted by atomic mass is 35.5. The van der Waals surface area contributed by atoms with Crippen molar-refractivity contribution in [2.45, 2.75) is 13.0 Å². The minimum Gasteiger partial charge on any atom is -0.464 e. The lowest BCUT2D eigenvalue weighted by atomic mass is 10.1. The van der Waals surface area contributed by atoms with E-state index in [4.69, 9.17) is 16.3 Å². The predicted molar refractivity (Wildman–Crippen MR) is 80.8 cm³/mol. The number of ether oxygens (including phenoxy) is 1. The second-order valence-corrected chi connectivity index (χ2v) is 4.75. The van der Waals surface area contributed by atoms with Gasteiger partial charge in [-0.05, 0) is 25.1 Å². The van der Waals surface area contributed by atoms with Crippen LogP contribution in [0.5, 0.6) is 0 Å². The average Bonchev–Trinajstić information content (AvgIpc) is 2.49. The maximum absolute atomic E-state index is 14.2. The van der Waals surface area contributed by atoms with Crippen molar-refractivity contribution in [3.63, 3.8) is 0 Å². The number of hydrogen-bond acceptors (Lipinski definition) is 3. The highest BCUT2D eigenvalue weighted by Gasteiger charge is 2.25. The largest absolute Gasteiger partial charge is 0.464 e. The molecule has 2 aromatic rings. The van der Waals surface area contributed by atoms with E-state index in [0.29, 0.717) is 5.69 Å². The van der Waals surface area contributed by atoms with E-state index in [1.807, 2.05) is 18.2 Å². The first-order chi connectivity index (χ1) is 10.1. The van der Waals surface area contributed by atoms with Crippen LogP contribution in [0.15, 0.2) is 48.5 Å². The van der Waals surface area contributed by atoms with Gasteiger partial charge >= 0.3 is 5.97 Å². The quantitative estimate of drug-likeness (QED) is 0.842. The Balaban J connectivity index is 2.36. The van der Waals surface area contributed by atoms with Crippen molar-refractivity contribution in [3.05, 3.63) is 64.9 Å². The Morgan fingerprint density at radius 1 is 1.24 bits per heavy atom. The van der Waals surface area contributed by atoms with Crippen molar-refractivity contribution in [2.75, 3.05) is 11.9 Å². The summed E-state index contributed by atoms with van der Waals surface area (Å²) in [7, 11) is 0. The van der Waals surface area contributed by atoms with Crippen molar-refractivity contribution in [3.8, 4) is 0 Å². The highest BCUT2D eigenvalue weighted by Crippen LogP contribution is 2.27. The van der Waals surface area contributed by atoms with Crippen LogP contribution in [-0.4, -0.2) is 12.6 Å². The van der Waals surface area contributed by atoms with Crippen LogP contribution in [0.3, 0.4) is 0 Å². The Morgan fingerprint density at radius 2 is 1.95 bits per heavy atom. The lowest BCUT2D eigenvalue weighted by Gasteiger charge is -2.19. The molecule has 1 unspecified atom stereocenters. The van der Waals surface area contributed by atoms with Gasteiger partial charge in [-0.3, -0.25) is 0 Å². The first kappa shape index (κ1) is 15.3. The lowest BCUT2D eigenvalue weighted by Crippen LogP contribution is -2.24. The number of nitrogens with one attached hydrogen (secondary N) is 1. The number of carbonyl (C=O) groups is 1. The third-order valence-electron chi connectivity index (χ3n) is 2.90. The molecule has 0 saturated heterocycles. The molecule has 110 valence electrons. The van der Waals surface area contributed by atoms with Crippen LogP contribution in [0.4, 0.5) is 10.1 Å². The monoisotopic (exact) mass is 307 g/mol. The van der Waals surface area contributed by atoms with Gasteiger partial charge in [0.1, 0.15) is 5.82 Å². The predicted octanol–water partition coefficient (Wildman–Crippen LogP) is 4.20. The zero-order valence-electron chi connectivity index (χ0n) is 11.5. The molecule has 2 aromatic carbocycles. The van der Waals surface area contributed by atoms with Gasteiger partial charge in [0.25, 0.3) is 0 Å². The second kappa shape index (κ2) is 7.09. The molecule has 5 heteroatoms. The summed E-state index contributed by atoms with van der Waals surface area (Å²) in [6, 6.07) is 12.7. The second-order valence-electron chi connectivity index (χ2n) is 4.34. The molecule has 0 aliphatic heterocycles. The van der Waals surface area contributed by atoms with Gasteiger partial charge in [0.15, 0.2) is 6.04 Å². The van der Waals surface area contributed by atoms with Crippen molar-refractivity contribution in [2.24, 2.45) is 0 Å². The van der Waals surface area contributed by atoms with Crippen LogP contribution in [0, 0.1) is 5.82 Å². The van der Waals surface area contributed by atoms with E-state index >= 15 is 0 Å². The summed E-state index contributed by atoms with van der Waals surface area (Å²) in [6.45, 7) is 1.92. The topological polar surface area (TPSA) is 38.3 Å². The Bertz CT molecular complexity index is 619. The van der Waals surface area contributed by atoms with E-state index in [1.54, 1.807) is 25.1 Å². The molecule has 0 aliphatic carbocycles. The molecule has 21 heavy (non-hydrogen) atoms. The van der Waals surface area contributed by atoms with Crippen LogP contribution in [0.25, 0.3) is 0 Å². The number of hydrogen-bond donors (Lipinski definition) is 1. The van der Waals surface area contributed by atoms with Gasteiger partial charge in [-0.1, -0.05) is 41.9 Å². The average molecular weight is 308 g/mol. The van der Waals surface area contributed by atoms with Gasteiger partial charge in [-0.15, -0.1) is 0 Å². The SMILES string of the molecule is CCOC(=O)C(Nc1ccccc1)c1cccc(Cl)c1F. The fourth-order valence-corrected chi connectivity index (χ4v) is 2.12. The molecule has 0 fully saturated rings. The van der Waals surface area contributed by atoms with Gasteiger partial charge in [0.05, 0.1) is 11.6 Å². The molecule has 0 aromatic heterocycles. The van der Waals surface area contributed by atoms with Crippen molar-refractivity contribution in [1.82, 2.24) is 0 Å². The maximum Gasteiger partial charge on any atom is 0.333 e. The third-order valence-corrected chi connectivity index (χ3v) is 3.19. The van der Waals surface area contributed by atoms with Crippen molar-refractivity contribution >= 4 is 23.3 Å². The number of rotatable bonds is 5. The van der Waals surface area contributed by atoms with E-state index in [1.165, 1.54) is 12.1 Å². The fourth-order valence-electron chi connectivity index (χ4n) is 1.93. The van der Waals surface area contributed by atoms with E-state index in [2.05, 4.69) is 5.32 Å². The van der Waals surface area contributed by atoms with E-state index in [9.17, 15) is 9.18 Å². The van der Waals surface area contributed by atoms with Gasteiger partial charge < -0.3 is 10.1 Å². The third kappa shape index (κ3) is 3.73. The molecule has 3 nitrogen and oxygen atoms in total. The van der Waals surface area contributed by atoms with E-state index in [0.717, 1.165) is 0 Å². The first-order valence-corrected chi connectivity index (χ1v) is 6.93. The van der Waals surface area contributed by atoms with Gasteiger partial charge in [0, 0.05) is 11.3 Å². The van der Waals surface area contributed by atoms with E-state index in [-0.39, 0.29) is 17.2 Å². The Kier molecular flexibility index (Phi) is 5.17. The molecule has 0 aliphatic rings. The standard InChI is InChI=1S/C16H15ClFNO2/c1-2-21-16(20)15(19-11-7-4-3-5-8-11)12-9-6-10-13(17)14(12)18/h3-10,15,19H,2H2,1H3. The molecule has 0 saturated carbocycles. The summed E-state index contributed by atoms with van der Waals surface area (Å²) in [5.74, 6) is -1.18. The number of para-hydroxylation sites is 1. The minimum atomic E-state index is -0.953. The molecule has 1 N–H and O–H groups in total. The Morgan fingerprint density at radius 3 is 2.62 bits per heavy atom. The zero-order valence-corrected chi connectivity index (χ0v) is 12.2. The minimum absolute atomic E-state index is 0.0309. The molecule has 2 rings (SSSR count). The van der Waals surface area contributed by atoms with E-state index < -0.39 is 17.8 Å². The number of benzene rings is 2. The van der Waals surface area contributed by atoms with Gasteiger partial charge in [0.2, 0.25) is 0 Å². The molecule has 1 atom stereocenters. The van der Waals surface area contributed by atoms with Gasteiger partial charge in [-0.25, -0.2) is 9.18 Å². The molecular formula is C16H15ClFNO2. The number of anilines is 1. The summed E-state index contributed by atoms with van der Waals surface area (Å²) >= 11 is 5.79. The maximum atomic E-state index is 14.2. The summed E-state index contributed by atoms with van der Waals surface area (Å²) in [5.41, 5.74) is 0.847. The summed E-state index contributed by atoms with van der Waals surface area (Å²) in [5, 5.41) is 2.94. The molecule has 0 bridgehead atoms. The van der Waals surface area contributed by atoms with Crippen LogP contribution in [-0.2, 0) is 9.53 Å². The van der Waals surface area contributed by atoms with Crippen LogP contribution in [0.1, 0.15) is 18.5 Å². The Hall–Kier alpha value is -2.07. The molecule has 0 spiro atoms. The molecule has 0 amide bonds. The van der Waals surface area contributed by atoms with Gasteiger partial charge in [-0.2, -0.15) is 0 Å². The number of carbonyl (C=O) groups excluding carboxylic acids is 1. The molecule has 0 radical (unpaired) electrons. The summed E-state index contributed by atoms with van der Waals surface area (Å²) in [4.78, 5) is 12.1. The summed E-state index contributed by atoms with van der Waals surface area (Å²) < 4.78 is 19.2. The molecular weight excluding hydrogens is 293 g/mol. The highest BCUT2D eigenvalue weighted by molar-refractivity contribution is 6.30. The number of esters is 1. The number of halogens is 2. The fraction of sp³-hybridized carbons (Fsp3) is 0.188. The zero-order chi connectivity index (χ0) is 15.2. The van der Waals surface area contributed by atoms with Crippen LogP contribution < -0.4 is 5.32 Å². The van der Waals surface area contributed by atoms with Crippen molar-refractivity contribution in [1.29, 1.82) is 0 Å². The van der Waals surface area contributed by atoms with Crippen LogP contribution in [0.2, 0.25) is 5.02 Å². The lowest BCUT2D eigenvalue weighted by molar-refractivity contribution is -0.144. The van der Waals surface area contributed by atoms with Crippen LogP contribution >= 0.6 is 11.6 Å². The normalized spacial score (nSPS) is 11.8. The molecule has 0 heterocycles. The first-order valence-electron chi connectivity index (χ1n) is 6.55. The summed E-state index contributed by atoms with van der Waals surface area (Å²) in [6.07, 6.45) is 0. The van der Waals surface area contributed by atoms with Crippen molar-refractivity contribution < 1.29 is 13.9 Å².